The van der Waals surface area contributed by atoms with Crippen LogP contribution in [-0.2, 0) is 9.53 Å². The zero-order valence-corrected chi connectivity index (χ0v) is 16.7. The van der Waals surface area contributed by atoms with Crippen LogP contribution in [0, 0.1) is 13.8 Å². The van der Waals surface area contributed by atoms with Gasteiger partial charge in [0.05, 0.1) is 6.04 Å². The quantitative estimate of drug-likeness (QED) is 0.666. The van der Waals surface area contributed by atoms with Crippen molar-refractivity contribution in [3.05, 3.63) is 101 Å². The van der Waals surface area contributed by atoms with Crippen LogP contribution in [0.3, 0.4) is 0 Å². The number of ether oxygens (including phenoxy) is 1. The Morgan fingerprint density at radius 1 is 1.00 bits per heavy atom. The molecule has 0 unspecified atom stereocenters. The molecule has 2 aromatic carbocycles. The van der Waals surface area contributed by atoms with E-state index in [2.05, 4.69) is 15.3 Å². The van der Waals surface area contributed by atoms with Crippen LogP contribution >= 0.6 is 0 Å². The lowest BCUT2D eigenvalue weighted by molar-refractivity contribution is -0.135. The van der Waals surface area contributed by atoms with E-state index in [0.717, 1.165) is 16.7 Å². The van der Waals surface area contributed by atoms with Gasteiger partial charge in [-0.1, -0.05) is 35.4 Å². The summed E-state index contributed by atoms with van der Waals surface area (Å²) in [5.74, 6) is -0.526. The molecule has 0 aliphatic carbocycles. The Kier molecular flexibility index (Phi) is 5.39. The summed E-state index contributed by atoms with van der Waals surface area (Å²) in [7, 11) is 0. The largest absolute Gasteiger partial charge is 0.405 e. The average molecular weight is 399 g/mol. The Balaban J connectivity index is 1.68. The molecule has 1 aliphatic heterocycles. The summed E-state index contributed by atoms with van der Waals surface area (Å²) < 4.78 is 5.43. The predicted octanol–water partition coefficient (Wildman–Crippen LogP) is 3.54. The monoisotopic (exact) mass is 399 g/mol. The van der Waals surface area contributed by atoms with E-state index in [-0.39, 0.29) is 11.8 Å². The fourth-order valence-electron chi connectivity index (χ4n) is 3.53. The number of aliphatic imine (C=N–C) groups is 1. The van der Waals surface area contributed by atoms with Crippen LogP contribution in [0.4, 0.5) is 0 Å². The molecule has 1 amide bonds. The maximum atomic E-state index is 13.0. The standard InChI is InChI=1S/C24H21N3O3/c1-15-12-16(2)14-19(13-15)22(28)26-20(17-8-10-25-11-9-17)21-24(29)30-23(27-21)18-6-4-3-5-7-18/h3-14,20-21H,1-2H3,(H,26,28)/t20-,21+/m1/s1. The van der Waals surface area contributed by atoms with Gasteiger partial charge in [0.25, 0.3) is 5.91 Å². The zero-order valence-electron chi connectivity index (χ0n) is 16.7. The molecule has 3 aromatic rings. The number of pyridine rings is 1. The molecule has 30 heavy (non-hydrogen) atoms. The number of aryl methyl sites for hydroxylation is 2. The maximum absolute atomic E-state index is 13.0. The lowest BCUT2D eigenvalue weighted by atomic mass is 9.99. The van der Waals surface area contributed by atoms with Gasteiger partial charge in [-0.05, 0) is 55.8 Å². The van der Waals surface area contributed by atoms with Crippen molar-refractivity contribution < 1.29 is 14.3 Å². The SMILES string of the molecule is Cc1cc(C)cc(C(=O)N[C@H](c2ccncc2)[C@@H]2N=C(c3ccccc3)OC2=O)c1. The van der Waals surface area contributed by atoms with E-state index >= 15 is 0 Å². The Labute approximate surface area is 174 Å². The van der Waals surface area contributed by atoms with Crippen LogP contribution in [0.25, 0.3) is 0 Å². The van der Waals surface area contributed by atoms with Crippen molar-refractivity contribution in [1.82, 2.24) is 10.3 Å². The van der Waals surface area contributed by atoms with Crippen LogP contribution in [0.15, 0.2) is 78.0 Å². The van der Waals surface area contributed by atoms with E-state index in [1.54, 1.807) is 24.5 Å². The number of cyclic esters (lactones) is 1. The number of hydrogen-bond donors (Lipinski definition) is 1. The van der Waals surface area contributed by atoms with Gasteiger partial charge in [0.15, 0.2) is 6.04 Å². The third-order valence-electron chi connectivity index (χ3n) is 4.87. The summed E-state index contributed by atoms with van der Waals surface area (Å²) in [6, 6.07) is 16.8. The molecule has 1 N–H and O–H groups in total. The Bertz CT molecular complexity index is 1090. The molecule has 0 radical (unpaired) electrons. The van der Waals surface area contributed by atoms with E-state index in [1.165, 1.54) is 0 Å². The number of nitrogens with one attached hydrogen (secondary N) is 1. The third-order valence-corrected chi connectivity index (χ3v) is 4.87. The molecule has 0 saturated carbocycles. The maximum Gasteiger partial charge on any atom is 0.340 e. The Morgan fingerprint density at radius 3 is 2.33 bits per heavy atom. The smallest absolute Gasteiger partial charge is 0.340 e. The van der Waals surface area contributed by atoms with E-state index in [9.17, 15) is 9.59 Å². The first-order chi connectivity index (χ1) is 14.5. The van der Waals surface area contributed by atoms with Gasteiger partial charge < -0.3 is 10.1 Å². The number of nitrogens with zero attached hydrogens (tertiary/aromatic N) is 2. The minimum atomic E-state index is -0.891. The number of hydrogen-bond acceptors (Lipinski definition) is 5. The molecule has 2 heterocycles. The summed E-state index contributed by atoms with van der Waals surface area (Å²) >= 11 is 0. The van der Waals surface area contributed by atoms with Crippen LogP contribution in [-0.4, -0.2) is 28.8 Å². The molecule has 150 valence electrons. The fourth-order valence-corrected chi connectivity index (χ4v) is 3.53. The molecular weight excluding hydrogens is 378 g/mol. The molecular formula is C24H21N3O3. The number of aromatic nitrogens is 1. The topological polar surface area (TPSA) is 80.7 Å². The van der Waals surface area contributed by atoms with Gasteiger partial charge in [-0.15, -0.1) is 0 Å². The molecule has 0 bridgehead atoms. The van der Waals surface area contributed by atoms with Crippen LogP contribution in [0.5, 0.6) is 0 Å². The third kappa shape index (κ3) is 4.12. The molecule has 6 nitrogen and oxygen atoms in total. The second kappa shape index (κ2) is 8.29. The van der Waals surface area contributed by atoms with Gasteiger partial charge in [-0.25, -0.2) is 9.79 Å². The van der Waals surface area contributed by atoms with Crippen molar-refractivity contribution in [1.29, 1.82) is 0 Å². The highest BCUT2D eigenvalue weighted by Gasteiger charge is 2.38. The number of benzene rings is 2. The van der Waals surface area contributed by atoms with Crippen molar-refractivity contribution >= 4 is 17.8 Å². The molecule has 1 aliphatic rings. The first-order valence-electron chi connectivity index (χ1n) is 9.65. The first-order valence-corrected chi connectivity index (χ1v) is 9.65. The average Bonchev–Trinajstić information content (AvgIpc) is 3.14. The number of carbonyl (C=O) groups is 2. The molecule has 0 fully saturated rings. The number of rotatable bonds is 5. The normalized spacial score (nSPS) is 16.5. The zero-order chi connectivity index (χ0) is 21.1. The van der Waals surface area contributed by atoms with Gasteiger partial charge in [-0.2, -0.15) is 0 Å². The van der Waals surface area contributed by atoms with Crippen molar-refractivity contribution in [2.45, 2.75) is 25.9 Å². The predicted molar refractivity (Wildman–Crippen MR) is 113 cm³/mol. The molecule has 2 atom stereocenters. The summed E-state index contributed by atoms with van der Waals surface area (Å²) in [5, 5.41) is 2.97. The summed E-state index contributed by atoms with van der Waals surface area (Å²) in [5.41, 5.74) is 3.95. The second-order valence-corrected chi connectivity index (χ2v) is 7.27. The van der Waals surface area contributed by atoms with Gasteiger partial charge in [0.1, 0.15) is 0 Å². The van der Waals surface area contributed by atoms with Crippen molar-refractivity contribution in [3.8, 4) is 0 Å². The summed E-state index contributed by atoms with van der Waals surface area (Å²) in [4.78, 5) is 34.3. The van der Waals surface area contributed by atoms with Gasteiger partial charge in [0.2, 0.25) is 5.90 Å². The van der Waals surface area contributed by atoms with E-state index in [0.29, 0.717) is 11.1 Å². The van der Waals surface area contributed by atoms with Crippen LogP contribution < -0.4 is 5.32 Å². The molecule has 0 saturated heterocycles. The molecule has 4 rings (SSSR count). The molecule has 1 aromatic heterocycles. The molecule has 0 spiro atoms. The van der Waals surface area contributed by atoms with Gasteiger partial charge in [-0.3, -0.25) is 9.78 Å². The van der Waals surface area contributed by atoms with Gasteiger partial charge in [0, 0.05) is 23.5 Å². The van der Waals surface area contributed by atoms with Crippen molar-refractivity contribution in [3.63, 3.8) is 0 Å². The minimum absolute atomic E-state index is 0.255. The van der Waals surface area contributed by atoms with Gasteiger partial charge >= 0.3 is 5.97 Å². The van der Waals surface area contributed by atoms with Crippen molar-refractivity contribution in [2.75, 3.05) is 0 Å². The van der Waals surface area contributed by atoms with Crippen LogP contribution in [0.1, 0.15) is 38.7 Å². The lowest BCUT2D eigenvalue weighted by Crippen LogP contribution is -2.38. The minimum Gasteiger partial charge on any atom is -0.405 e. The molecule has 6 heteroatoms. The van der Waals surface area contributed by atoms with E-state index in [1.807, 2.05) is 62.4 Å². The number of carbonyl (C=O) groups excluding carboxylic acids is 2. The second-order valence-electron chi connectivity index (χ2n) is 7.27. The highest BCUT2D eigenvalue weighted by atomic mass is 16.6. The summed E-state index contributed by atoms with van der Waals surface area (Å²) in [6.45, 7) is 3.88. The van der Waals surface area contributed by atoms with Crippen molar-refractivity contribution in [2.24, 2.45) is 4.99 Å². The Hall–Kier alpha value is -3.80. The lowest BCUT2D eigenvalue weighted by Gasteiger charge is -2.21. The summed E-state index contributed by atoms with van der Waals surface area (Å²) in [6.07, 6.45) is 3.24. The van der Waals surface area contributed by atoms with E-state index in [4.69, 9.17) is 4.74 Å². The first kappa shape index (κ1) is 19.5. The highest BCUT2D eigenvalue weighted by molar-refractivity contribution is 6.06. The number of amides is 1. The highest BCUT2D eigenvalue weighted by Crippen LogP contribution is 2.26. The number of esters is 1. The van der Waals surface area contributed by atoms with Crippen LogP contribution in [0.2, 0.25) is 0 Å². The van der Waals surface area contributed by atoms with E-state index < -0.39 is 18.1 Å². The fraction of sp³-hybridized carbons (Fsp3) is 0.167. The Morgan fingerprint density at radius 2 is 1.67 bits per heavy atom.